The summed E-state index contributed by atoms with van der Waals surface area (Å²) in [6, 6.07) is 11.1. The molecule has 0 radical (unpaired) electrons. The van der Waals surface area contributed by atoms with Gasteiger partial charge in [0.15, 0.2) is 0 Å². The number of halogens is 1. The van der Waals surface area contributed by atoms with Gasteiger partial charge in [-0.3, -0.25) is 4.79 Å². The zero-order valence-corrected chi connectivity index (χ0v) is 31.7. The number of ether oxygens (including phenoxy) is 3. The van der Waals surface area contributed by atoms with E-state index in [0.717, 1.165) is 43.5 Å². The molecule has 2 aromatic rings. The van der Waals surface area contributed by atoms with Crippen LogP contribution in [0.25, 0.3) is 0 Å². The summed E-state index contributed by atoms with van der Waals surface area (Å²) in [4.78, 5) is 31.3. The Morgan fingerprint density at radius 3 is 2.51 bits per heavy atom. The van der Waals surface area contributed by atoms with Crippen LogP contribution in [0.3, 0.4) is 0 Å². The number of sulfonamides is 1. The third-order valence-electron chi connectivity index (χ3n) is 11.8. The van der Waals surface area contributed by atoms with E-state index in [1.54, 1.807) is 40.0 Å². The molecular formula is C39H50ClN3O7S. The van der Waals surface area contributed by atoms with E-state index in [9.17, 15) is 18.0 Å². The number of amides is 2. The van der Waals surface area contributed by atoms with Gasteiger partial charge in [0.1, 0.15) is 11.4 Å². The largest absolute Gasteiger partial charge is 0.490 e. The molecule has 51 heavy (non-hydrogen) atoms. The quantitative estimate of drug-likeness (QED) is 0.324. The summed E-state index contributed by atoms with van der Waals surface area (Å²) < 4.78 is 48.9. The van der Waals surface area contributed by atoms with Crippen LogP contribution in [0.1, 0.15) is 76.8 Å². The van der Waals surface area contributed by atoms with E-state index >= 15 is 0 Å². The van der Waals surface area contributed by atoms with Gasteiger partial charge in [0.05, 0.1) is 28.7 Å². The molecule has 2 amide bonds. The summed E-state index contributed by atoms with van der Waals surface area (Å²) in [6.07, 6.45) is 9.78. The number of hydrogen-bond acceptors (Lipinski definition) is 8. The molecule has 7 rings (SSSR count). The first kappa shape index (κ1) is 36.1. The number of hydrogen-bond donors (Lipinski definition) is 1. The minimum Gasteiger partial charge on any atom is -0.490 e. The molecule has 2 saturated carbocycles. The maximum atomic E-state index is 14.0. The SMILES string of the molecule is CO[C@@H]1/C=C/CN(C(=O)OC(C)(C)C)CC2(CCC2)C(=O)NS(=O)(=O)c2ccc3c(c2)N(C[C@@H]2CC[C@H]21)C[C@@]1(CCCc2cc(Cl)ccc21)CO3. The van der Waals surface area contributed by atoms with E-state index in [0.29, 0.717) is 44.0 Å². The molecule has 2 bridgehead atoms. The Morgan fingerprint density at radius 2 is 1.82 bits per heavy atom. The van der Waals surface area contributed by atoms with Gasteiger partial charge in [-0.05, 0) is 119 Å². The van der Waals surface area contributed by atoms with E-state index in [1.165, 1.54) is 22.1 Å². The summed E-state index contributed by atoms with van der Waals surface area (Å²) >= 11 is 6.45. The van der Waals surface area contributed by atoms with E-state index in [2.05, 4.69) is 21.8 Å². The number of fused-ring (bicyclic) bond motifs is 4. The van der Waals surface area contributed by atoms with Crippen LogP contribution >= 0.6 is 11.6 Å². The number of aryl methyl sites for hydroxylation is 1. The topological polar surface area (TPSA) is 114 Å². The molecule has 0 unspecified atom stereocenters. The molecule has 0 saturated heterocycles. The summed E-state index contributed by atoms with van der Waals surface area (Å²) in [5.41, 5.74) is 1.06. The highest BCUT2D eigenvalue weighted by atomic mass is 35.5. The van der Waals surface area contributed by atoms with Gasteiger partial charge >= 0.3 is 6.09 Å². The van der Waals surface area contributed by atoms with Gasteiger partial charge < -0.3 is 24.0 Å². The number of nitrogens with one attached hydrogen (secondary N) is 1. The highest BCUT2D eigenvalue weighted by Crippen LogP contribution is 2.48. The summed E-state index contributed by atoms with van der Waals surface area (Å²) in [5.74, 6) is 0.513. The summed E-state index contributed by atoms with van der Waals surface area (Å²) in [7, 11) is -2.55. The van der Waals surface area contributed by atoms with Crippen LogP contribution in [0, 0.1) is 17.3 Å². The van der Waals surface area contributed by atoms with Gasteiger partial charge in [-0.2, -0.15) is 0 Å². The van der Waals surface area contributed by atoms with Crippen LogP contribution in [0.4, 0.5) is 10.5 Å². The van der Waals surface area contributed by atoms with Crippen molar-refractivity contribution in [2.75, 3.05) is 44.8 Å². The zero-order valence-electron chi connectivity index (χ0n) is 30.1. The van der Waals surface area contributed by atoms with Crippen molar-refractivity contribution in [3.05, 3.63) is 64.7 Å². The summed E-state index contributed by atoms with van der Waals surface area (Å²) in [5, 5.41) is 0.718. The molecule has 2 heterocycles. The van der Waals surface area contributed by atoms with Gasteiger partial charge in [-0.1, -0.05) is 36.2 Å². The molecule has 2 aromatic carbocycles. The van der Waals surface area contributed by atoms with Crippen LogP contribution < -0.4 is 14.4 Å². The Morgan fingerprint density at radius 1 is 1.04 bits per heavy atom. The molecule has 276 valence electrons. The van der Waals surface area contributed by atoms with Gasteiger partial charge in [0.2, 0.25) is 5.91 Å². The van der Waals surface area contributed by atoms with Crippen molar-refractivity contribution in [2.24, 2.45) is 17.3 Å². The smallest absolute Gasteiger partial charge is 0.410 e. The van der Waals surface area contributed by atoms with E-state index in [-0.39, 0.29) is 41.3 Å². The Balaban J connectivity index is 1.29. The number of rotatable bonds is 1. The standard InChI is InChI=1S/C39H50ClN3O7S/c1-37(2,3)50-36(45)42-19-6-9-33(48-4)30-13-10-27(30)22-43-24-39(16-5-8-26-20-28(40)11-14-31(26)39)25-49-34-15-12-29(21-32(34)43)51(46,47)41-35(44)38(23-42)17-7-18-38/h6,9,11-12,14-15,20-21,27,30,33H,5,7-8,10,13,16-19,22-25H2,1-4H3,(H,41,44)/b9-6+/t27-,30+,33+,39-/m0/s1. The maximum Gasteiger partial charge on any atom is 0.410 e. The predicted octanol–water partition coefficient (Wildman–Crippen LogP) is 6.64. The third-order valence-corrected chi connectivity index (χ3v) is 13.3. The second-order valence-corrected chi connectivity index (χ2v) is 18.4. The lowest BCUT2D eigenvalue weighted by Gasteiger charge is -2.46. The van der Waals surface area contributed by atoms with Gasteiger partial charge in [-0.25, -0.2) is 17.9 Å². The minimum absolute atomic E-state index is 0.000594. The first-order chi connectivity index (χ1) is 24.2. The highest BCUT2D eigenvalue weighted by molar-refractivity contribution is 7.90. The molecule has 5 aliphatic rings. The normalized spacial score (nSPS) is 29.2. The molecule has 2 fully saturated rings. The number of nitrogens with zero attached hydrogens (tertiary/aromatic N) is 2. The van der Waals surface area contributed by atoms with Crippen molar-refractivity contribution in [2.45, 2.75) is 94.2 Å². The second-order valence-electron chi connectivity index (χ2n) is 16.3. The average molecular weight is 740 g/mol. The minimum atomic E-state index is -4.27. The highest BCUT2D eigenvalue weighted by Gasteiger charge is 2.49. The Hall–Kier alpha value is -3.28. The number of methoxy groups -OCH3 is 1. The van der Waals surface area contributed by atoms with E-state index < -0.39 is 33.0 Å². The third kappa shape index (κ3) is 7.10. The Bertz CT molecular complexity index is 1820. The lowest BCUT2D eigenvalue weighted by atomic mass is 9.68. The van der Waals surface area contributed by atoms with Crippen LogP contribution in [0.5, 0.6) is 5.75 Å². The first-order valence-corrected chi connectivity index (χ1v) is 20.1. The average Bonchev–Trinajstić information content (AvgIpc) is 3.18. The molecule has 10 nitrogen and oxygen atoms in total. The van der Waals surface area contributed by atoms with Crippen molar-refractivity contribution in [3.63, 3.8) is 0 Å². The van der Waals surface area contributed by atoms with Crippen LogP contribution in [0.2, 0.25) is 5.02 Å². The van der Waals surface area contributed by atoms with Crippen molar-refractivity contribution in [3.8, 4) is 5.75 Å². The monoisotopic (exact) mass is 739 g/mol. The van der Waals surface area contributed by atoms with Crippen LogP contribution in [0.15, 0.2) is 53.4 Å². The second kappa shape index (κ2) is 13.6. The molecule has 2 spiro atoms. The lowest BCUT2D eigenvalue weighted by Crippen LogP contribution is -2.55. The predicted molar refractivity (Wildman–Crippen MR) is 196 cm³/mol. The van der Waals surface area contributed by atoms with Crippen molar-refractivity contribution in [1.82, 2.24) is 9.62 Å². The molecule has 2 aliphatic heterocycles. The molecule has 12 heteroatoms. The van der Waals surface area contributed by atoms with Crippen molar-refractivity contribution >= 4 is 39.3 Å². The number of anilines is 1. The Labute approximate surface area is 306 Å². The molecule has 1 N–H and O–H groups in total. The molecule has 4 atom stereocenters. The molecular weight excluding hydrogens is 690 g/mol. The summed E-state index contributed by atoms with van der Waals surface area (Å²) in [6.45, 7) is 7.43. The van der Waals surface area contributed by atoms with Crippen LogP contribution in [-0.2, 0) is 36.1 Å². The van der Waals surface area contributed by atoms with E-state index in [1.807, 2.05) is 18.2 Å². The first-order valence-electron chi connectivity index (χ1n) is 18.3. The maximum absolute atomic E-state index is 14.0. The fraction of sp³-hybridized carbons (Fsp3) is 0.590. The number of benzene rings is 2. The molecule has 3 aliphatic carbocycles. The zero-order chi connectivity index (χ0) is 36.2. The lowest BCUT2D eigenvalue weighted by molar-refractivity contribution is -0.135. The fourth-order valence-corrected chi connectivity index (χ4v) is 10.0. The fourth-order valence-electron chi connectivity index (χ4n) is 8.76. The Kier molecular flexibility index (Phi) is 9.63. The molecule has 0 aromatic heterocycles. The van der Waals surface area contributed by atoms with Crippen molar-refractivity contribution in [1.29, 1.82) is 0 Å². The number of carbonyl (C=O) groups is 2. The van der Waals surface area contributed by atoms with Gasteiger partial charge in [-0.15, -0.1) is 0 Å². The van der Waals surface area contributed by atoms with Crippen molar-refractivity contribution < 1.29 is 32.2 Å². The van der Waals surface area contributed by atoms with Gasteiger partial charge in [0.25, 0.3) is 10.0 Å². The van der Waals surface area contributed by atoms with Crippen LogP contribution in [-0.4, -0.2) is 76.9 Å². The van der Waals surface area contributed by atoms with Gasteiger partial charge in [0, 0.05) is 43.7 Å². The van der Waals surface area contributed by atoms with E-state index in [4.69, 9.17) is 25.8 Å². The number of carbonyl (C=O) groups excluding carboxylic acids is 2.